The van der Waals surface area contributed by atoms with Crippen molar-refractivity contribution < 1.29 is 19.0 Å². The average molecular weight is 281 g/mol. The van der Waals surface area contributed by atoms with Crippen LogP contribution in [-0.2, 0) is 4.79 Å². The van der Waals surface area contributed by atoms with Crippen molar-refractivity contribution >= 4 is 11.6 Å². The number of carbonyl (C=O) groups is 1. The maximum atomic E-state index is 12.0. The third-order valence-corrected chi connectivity index (χ3v) is 3.49. The molecule has 20 heavy (non-hydrogen) atoms. The van der Waals surface area contributed by atoms with Gasteiger partial charge in [-0.15, -0.1) is 0 Å². The molecule has 1 aliphatic carbocycles. The van der Waals surface area contributed by atoms with Gasteiger partial charge >= 0.3 is 0 Å². The van der Waals surface area contributed by atoms with Gasteiger partial charge in [0.05, 0.1) is 12.0 Å². The molecule has 0 aliphatic heterocycles. The average Bonchev–Trinajstić information content (AvgIpc) is 2.83. The Morgan fingerprint density at radius 3 is 2.85 bits per heavy atom. The molecule has 2 N–H and O–H groups in total. The highest BCUT2D eigenvalue weighted by Gasteiger charge is 2.33. The SMILES string of the molecule is O=C(CC1(O)CCCC1)Nc1cccc(OCCF)c1. The van der Waals surface area contributed by atoms with E-state index in [0.717, 1.165) is 12.8 Å². The van der Waals surface area contributed by atoms with Gasteiger partial charge in [-0.3, -0.25) is 4.79 Å². The van der Waals surface area contributed by atoms with E-state index in [1.807, 2.05) is 0 Å². The third kappa shape index (κ3) is 4.20. The van der Waals surface area contributed by atoms with E-state index in [2.05, 4.69) is 5.32 Å². The zero-order valence-corrected chi connectivity index (χ0v) is 11.4. The second kappa shape index (κ2) is 6.70. The van der Waals surface area contributed by atoms with E-state index in [9.17, 15) is 14.3 Å². The molecule has 4 nitrogen and oxygen atoms in total. The van der Waals surface area contributed by atoms with Gasteiger partial charge in [0, 0.05) is 11.8 Å². The molecule has 1 aliphatic rings. The largest absolute Gasteiger partial charge is 0.491 e. The second-order valence-electron chi connectivity index (χ2n) is 5.22. The Labute approximate surface area is 117 Å². The number of carbonyl (C=O) groups excluding carboxylic acids is 1. The minimum absolute atomic E-state index is 0.00283. The van der Waals surface area contributed by atoms with E-state index in [-0.39, 0.29) is 18.9 Å². The number of nitrogens with one attached hydrogen (secondary N) is 1. The summed E-state index contributed by atoms with van der Waals surface area (Å²) >= 11 is 0. The molecule has 1 aromatic rings. The Kier molecular flexibility index (Phi) is 4.95. The highest BCUT2D eigenvalue weighted by atomic mass is 19.1. The molecule has 1 saturated carbocycles. The van der Waals surface area contributed by atoms with Gasteiger partial charge in [0.25, 0.3) is 0 Å². The number of alkyl halides is 1. The van der Waals surface area contributed by atoms with Gasteiger partial charge in [-0.1, -0.05) is 18.9 Å². The van der Waals surface area contributed by atoms with Gasteiger partial charge < -0.3 is 15.2 Å². The molecule has 0 atom stereocenters. The summed E-state index contributed by atoms with van der Waals surface area (Å²) in [7, 11) is 0. The number of aliphatic hydroxyl groups is 1. The molecule has 0 unspecified atom stereocenters. The minimum Gasteiger partial charge on any atom is -0.491 e. The zero-order chi connectivity index (χ0) is 14.4. The molecule has 0 spiro atoms. The Morgan fingerprint density at radius 2 is 2.15 bits per heavy atom. The Morgan fingerprint density at radius 1 is 1.40 bits per heavy atom. The van der Waals surface area contributed by atoms with Crippen LogP contribution in [-0.4, -0.2) is 29.9 Å². The van der Waals surface area contributed by atoms with E-state index < -0.39 is 12.3 Å². The topological polar surface area (TPSA) is 58.6 Å². The van der Waals surface area contributed by atoms with E-state index >= 15 is 0 Å². The lowest BCUT2D eigenvalue weighted by Gasteiger charge is -2.21. The van der Waals surface area contributed by atoms with Gasteiger partial charge in [0.1, 0.15) is 19.0 Å². The van der Waals surface area contributed by atoms with Crippen molar-refractivity contribution in [1.82, 2.24) is 0 Å². The first-order valence-electron chi connectivity index (χ1n) is 6.92. The first-order chi connectivity index (χ1) is 9.61. The number of hydrogen-bond acceptors (Lipinski definition) is 3. The van der Waals surface area contributed by atoms with Crippen LogP contribution in [0.5, 0.6) is 5.75 Å². The van der Waals surface area contributed by atoms with Crippen LogP contribution in [0.2, 0.25) is 0 Å². The number of anilines is 1. The smallest absolute Gasteiger partial charge is 0.227 e. The van der Waals surface area contributed by atoms with E-state index in [1.54, 1.807) is 24.3 Å². The molecule has 0 radical (unpaired) electrons. The van der Waals surface area contributed by atoms with Crippen LogP contribution in [0, 0.1) is 0 Å². The van der Waals surface area contributed by atoms with E-state index in [1.165, 1.54) is 0 Å². The van der Waals surface area contributed by atoms with Gasteiger partial charge in [-0.25, -0.2) is 4.39 Å². The normalized spacial score (nSPS) is 16.9. The third-order valence-electron chi connectivity index (χ3n) is 3.49. The summed E-state index contributed by atoms with van der Waals surface area (Å²) in [4.78, 5) is 11.9. The molecule has 110 valence electrons. The molecule has 1 aromatic carbocycles. The van der Waals surface area contributed by atoms with Crippen LogP contribution in [0.25, 0.3) is 0 Å². The van der Waals surface area contributed by atoms with Crippen molar-refractivity contribution in [3.05, 3.63) is 24.3 Å². The van der Waals surface area contributed by atoms with Crippen molar-refractivity contribution in [2.75, 3.05) is 18.6 Å². The number of rotatable bonds is 6. The molecule has 0 bridgehead atoms. The molecule has 0 heterocycles. The van der Waals surface area contributed by atoms with Crippen molar-refractivity contribution in [3.8, 4) is 5.75 Å². The van der Waals surface area contributed by atoms with Gasteiger partial charge in [-0.05, 0) is 25.0 Å². The molecular formula is C15H20FNO3. The van der Waals surface area contributed by atoms with Crippen molar-refractivity contribution in [1.29, 1.82) is 0 Å². The molecule has 2 rings (SSSR count). The van der Waals surface area contributed by atoms with Crippen LogP contribution in [0.1, 0.15) is 32.1 Å². The van der Waals surface area contributed by atoms with Crippen molar-refractivity contribution in [2.24, 2.45) is 0 Å². The summed E-state index contributed by atoms with van der Waals surface area (Å²) in [5, 5.41) is 12.9. The minimum atomic E-state index is -0.855. The van der Waals surface area contributed by atoms with Crippen molar-refractivity contribution in [2.45, 2.75) is 37.7 Å². The lowest BCUT2D eigenvalue weighted by Crippen LogP contribution is -2.30. The number of benzene rings is 1. The first kappa shape index (κ1) is 14.8. The molecule has 0 saturated heterocycles. The number of hydrogen-bond donors (Lipinski definition) is 2. The maximum Gasteiger partial charge on any atom is 0.227 e. The fourth-order valence-corrected chi connectivity index (χ4v) is 2.53. The quantitative estimate of drug-likeness (QED) is 0.842. The molecule has 5 heteroatoms. The monoisotopic (exact) mass is 281 g/mol. The number of ether oxygens (including phenoxy) is 1. The fourth-order valence-electron chi connectivity index (χ4n) is 2.53. The summed E-state index contributed by atoms with van der Waals surface area (Å²) < 4.78 is 17.2. The predicted octanol–water partition coefficient (Wildman–Crippen LogP) is 2.67. The van der Waals surface area contributed by atoms with E-state index in [4.69, 9.17) is 4.74 Å². The van der Waals surface area contributed by atoms with E-state index in [0.29, 0.717) is 24.3 Å². The Balaban J connectivity index is 1.90. The molecule has 0 aromatic heterocycles. The van der Waals surface area contributed by atoms with Crippen LogP contribution in [0.15, 0.2) is 24.3 Å². The summed E-state index contributed by atoms with van der Waals surface area (Å²) in [6.45, 7) is -0.555. The first-order valence-corrected chi connectivity index (χ1v) is 6.92. The predicted molar refractivity (Wildman–Crippen MR) is 74.6 cm³/mol. The summed E-state index contributed by atoms with van der Waals surface area (Å²) in [6.07, 6.45) is 3.41. The Bertz CT molecular complexity index is 458. The summed E-state index contributed by atoms with van der Waals surface area (Å²) in [6, 6.07) is 6.81. The Hall–Kier alpha value is -1.62. The summed E-state index contributed by atoms with van der Waals surface area (Å²) in [5.41, 5.74) is -0.264. The second-order valence-corrected chi connectivity index (χ2v) is 5.22. The van der Waals surface area contributed by atoms with Crippen LogP contribution in [0.4, 0.5) is 10.1 Å². The van der Waals surface area contributed by atoms with Gasteiger partial charge in [0.15, 0.2) is 0 Å². The number of halogens is 1. The molecule has 1 amide bonds. The molecular weight excluding hydrogens is 261 g/mol. The lowest BCUT2D eigenvalue weighted by molar-refractivity contribution is -0.120. The van der Waals surface area contributed by atoms with Gasteiger partial charge in [0.2, 0.25) is 5.91 Å². The van der Waals surface area contributed by atoms with Crippen LogP contribution in [0.3, 0.4) is 0 Å². The van der Waals surface area contributed by atoms with Crippen molar-refractivity contribution in [3.63, 3.8) is 0 Å². The standard InChI is InChI=1S/C15H20FNO3/c16-8-9-20-13-5-3-4-12(10-13)17-14(18)11-15(19)6-1-2-7-15/h3-5,10,19H,1-2,6-9,11H2,(H,17,18). The highest BCUT2D eigenvalue weighted by Crippen LogP contribution is 2.32. The lowest BCUT2D eigenvalue weighted by atomic mass is 9.97. The zero-order valence-electron chi connectivity index (χ0n) is 11.4. The summed E-state index contributed by atoms with van der Waals surface area (Å²) in [5.74, 6) is 0.303. The number of amides is 1. The molecule has 1 fully saturated rings. The van der Waals surface area contributed by atoms with Gasteiger partial charge in [-0.2, -0.15) is 0 Å². The maximum absolute atomic E-state index is 12.0. The fraction of sp³-hybridized carbons (Fsp3) is 0.533. The highest BCUT2D eigenvalue weighted by molar-refractivity contribution is 5.91. The van der Waals surface area contributed by atoms with Crippen LogP contribution < -0.4 is 10.1 Å². The van der Waals surface area contributed by atoms with Crippen LogP contribution >= 0.6 is 0 Å².